The molecule has 0 saturated heterocycles. The van der Waals surface area contributed by atoms with Crippen molar-refractivity contribution < 1.29 is 0 Å². The van der Waals surface area contributed by atoms with E-state index in [0.717, 1.165) is 0 Å². The molecule has 0 aliphatic rings. The van der Waals surface area contributed by atoms with Crippen LogP contribution in [0.4, 0.5) is 11.4 Å². The smallest absolute Gasteiger partial charge is 0.177 e. The van der Waals surface area contributed by atoms with Gasteiger partial charge in [0.2, 0.25) is 0 Å². The fraction of sp³-hybridized carbons (Fsp3) is 0.0526. The van der Waals surface area contributed by atoms with Crippen LogP contribution in [0.2, 0.25) is 0 Å². The van der Waals surface area contributed by atoms with E-state index in [1.807, 2.05) is 0 Å². The summed E-state index contributed by atoms with van der Waals surface area (Å²) in [5.74, 6) is 0. The van der Waals surface area contributed by atoms with Crippen molar-refractivity contribution in [1.29, 1.82) is 31.6 Å². The molecular weight excluding hydrogens is 396 g/mol. The lowest BCUT2D eigenvalue weighted by Crippen LogP contribution is -2.02. The second-order valence-electron chi connectivity index (χ2n) is 5.54. The zero-order chi connectivity index (χ0) is 22.5. The first-order valence-electron chi connectivity index (χ1n) is 8.07. The lowest BCUT2D eigenvalue weighted by molar-refractivity contribution is 1.17. The van der Waals surface area contributed by atoms with Crippen LogP contribution in [0.25, 0.3) is 22.1 Å². The number of aliphatic imine (C=N–C) groups is 2. The van der Waals surface area contributed by atoms with Gasteiger partial charge in [-0.05, 0) is 6.72 Å². The second kappa shape index (κ2) is 8.05. The summed E-state index contributed by atoms with van der Waals surface area (Å²) in [7, 11) is 0. The average molecular weight is 400 g/mol. The summed E-state index contributed by atoms with van der Waals surface area (Å²) in [5.41, 5.74) is -1.76. The standard InChI is InChI=1S/C19H4N12/c1-26-14-15(27-9(4-21)2-3-20)17-19(31-13(8-25)12(7-24)29-17)18-16(14)28-10(5-22)11(6-23)30-18/h1-2H2. The van der Waals surface area contributed by atoms with Crippen molar-refractivity contribution >= 4 is 45.9 Å². The molecule has 0 aliphatic carbocycles. The highest BCUT2D eigenvalue weighted by molar-refractivity contribution is 6.15. The molecule has 0 N–H and O–H groups in total. The minimum atomic E-state index is -0.329. The zero-order valence-corrected chi connectivity index (χ0v) is 15.3. The van der Waals surface area contributed by atoms with Crippen molar-refractivity contribution in [3.05, 3.63) is 22.8 Å². The molecule has 0 spiro atoms. The molecule has 12 heteroatoms. The van der Waals surface area contributed by atoms with Crippen molar-refractivity contribution in [3.63, 3.8) is 0 Å². The average Bonchev–Trinajstić information content (AvgIpc) is 2.81. The minimum absolute atomic E-state index is 0.0285. The maximum atomic E-state index is 9.32. The Balaban J connectivity index is 2.71. The van der Waals surface area contributed by atoms with Gasteiger partial charge < -0.3 is 0 Å². The first-order chi connectivity index (χ1) is 15.1. The minimum Gasteiger partial charge on any atom is -0.260 e. The van der Waals surface area contributed by atoms with E-state index in [2.05, 4.69) is 36.6 Å². The molecule has 1 aromatic carbocycles. The van der Waals surface area contributed by atoms with Gasteiger partial charge in [-0.15, -0.1) is 0 Å². The van der Waals surface area contributed by atoms with Crippen LogP contribution in [0.5, 0.6) is 0 Å². The number of rotatable bonds is 3. The van der Waals surface area contributed by atoms with Gasteiger partial charge in [0.1, 0.15) is 69.5 Å². The monoisotopic (exact) mass is 400 g/mol. The van der Waals surface area contributed by atoms with Gasteiger partial charge in [-0.3, -0.25) is 4.99 Å². The van der Waals surface area contributed by atoms with E-state index < -0.39 is 0 Å². The predicted molar refractivity (Wildman–Crippen MR) is 104 cm³/mol. The Hall–Kier alpha value is -5.82. The highest BCUT2D eigenvalue weighted by Gasteiger charge is 2.23. The number of benzene rings is 1. The number of aromatic nitrogens is 4. The van der Waals surface area contributed by atoms with E-state index in [1.54, 1.807) is 36.4 Å². The normalized spacial score (nSPS) is 10.2. The number of nitriles is 6. The van der Waals surface area contributed by atoms with Crippen LogP contribution in [0.3, 0.4) is 0 Å². The van der Waals surface area contributed by atoms with Crippen molar-refractivity contribution in [2.45, 2.75) is 6.42 Å². The molecule has 0 atom stereocenters. The Kier molecular flexibility index (Phi) is 5.17. The summed E-state index contributed by atoms with van der Waals surface area (Å²) in [6.45, 7) is 3.45. The van der Waals surface area contributed by atoms with Crippen LogP contribution in [0, 0.1) is 68.0 Å². The maximum Gasteiger partial charge on any atom is 0.177 e. The molecule has 0 unspecified atom stereocenters. The summed E-state index contributed by atoms with van der Waals surface area (Å²) in [6, 6.07) is 10.6. The first-order valence-corrected chi connectivity index (χ1v) is 8.07. The largest absolute Gasteiger partial charge is 0.260 e. The fourth-order valence-corrected chi connectivity index (χ4v) is 2.64. The van der Waals surface area contributed by atoms with E-state index in [-0.39, 0.29) is 68.3 Å². The summed E-state index contributed by atoms with van der Waals surface area (Å²) >= 11 is 0. The third-order valence-electron chi connectivity index (χ3n) is 3.89. The molecule has 31 heavy (non-hydrogen) atoms. The third kappa shape index (κ3) is 3.18. The number of hydrogen-bond donors (Lipinski definition) is 0. The summed E-state index contributed by atoms with van der Waals surface area (Å²) in [5, 5.41) is 55.4. The van der Waals surface area contributed by atoms with Crippen LogP contribution in [0.15, 0.2) is 9.98 Å². The molecule has 0 aliphatic heterocycles. The first kappa shape index (κ1) is 19.9. The molecule has 140 valence electrons. The molecule has 12 nitrogen and oxygen atoms in total. The van der Waals surface area contributed by atoms with Crippen molar-refractivity contribution in [2.24, 2.45) is 9.98 Å². The Morgan fingerprint density at radius 1 is 0.677 bits per heavy atom. The zero-order valence-electron chi connectivity index (χ0n) is 15.3. The Bertz CT molecular complexity index is 1590. The summed E-state index contributed by atoms with van der Waals surface area (Å²) in [6.07, 6.45) is -0.329. The quantitative estimate of drug-likeness (QED) is 0.458. The van der Waals surface area contributed by atoms with Gasteiger partial charge in [-0.25, -0.2) is 24.9 Å². The van der Waals surface area contributed by atoms with Gasteiger partial charge in [-0.2, -0.15) is 31.6 Å². The molecule has 3 rings (SSSR count). The van der Waals surface area contributed by atoms with Crippen molar-refractivity contribution in [1.82, 2.24) is 19.9 Å². The van der Waals surface area contributed by atoms with Gasteiger partial charge in [-0.1, -0.05) is 0 Å². The van der Waals surface area contributed by atoms with Gasteiger partial charge in [0.15, 0.2) is 22.8 Å². The number of hydrogen-bond acceptors (Lipinski definition) is 12. The van der Waals surface area contributed by atoms with Crippen LogP contribution < -0.4 is 0 Å². The lowest BCUT2D eigenvalue weighted by Gasteiger charge is -2.10. The highest BCUT2D eigenvalue weighted by Crippen LogP contribution is 2.41. The van der Waals surface area contributed by atoms with E-state index in [0.29, 0.717) is 0 Å². The molecule has 0 radical (unpaired) electrons. The molecule has 0 fully saturated rings. The van der Waals surface area contributed by atoms with Crippen LogP contribution >= 0.6 is 0 Å². The summed E-state index contributed by atoms with van der Waals surface area (Å²) < 4.78 is 0. The Morgan fingerprint density at radius 2 is 1.10 bits per heavy atom. The molecule has 0 amide bonds. The lowest BCUT2D eigenvalue weighted by atomic mass is 10.1. The van der Waals surface area contributed by atoms with Crippen LogP contribution in [-0.4, -0.2) is 32.4 Å². The van der Waals surface area contributed by atoms with Gasteiger partial charge in [0.05, 0.1) is 12.5 Å². The predicted octanol–water partition coefficient (Wildman–Crippen LogP) is 1.90. The topological polar surface area (TPSA) is 219 Å². The van der Waals surface area contributed by atoms with Gasteiger partial charge in [0, 0.05) is 0 Å². The Labute approximate surface area is 173 Å². The second-order valence-corrected chi connectivity index (χ2v) is 5.54. The van der Waals surface area contributed by atoms with Crippen molar-refractivity contribution in [2.75, 3.05) is 0 Å². The van der Waals surface area contributed by atoms with E-state index in [1.165, 1.54) is 0 Å². The summed E-state index contributed by atoms with van der Waals surface area (Å²) in [4.78, 5) is 24.5. The van der Waals surface area contributed by atoms with Gasteiger partial charge in [0.25, 0.3) is 0 Å². The van der Waals surface area contributed by atoms with Crippen molar-refractivity contribution in [3.8, 4) is 36.4 Å². The molecule has 2 heterocycles. The highest BCUT2D eigenvalue weighted by atomic mass is 15.0. The SMILES string of the molecule is C=Nc1c(N=C(C#N)CC#N)c2nc(C#N)c(C#N)nc2c2nc(C#N)c(C#N)nc12. The maximum absolute atomic E-state index is 9.32. The van der Waals surface area contributed by atoms with Crippen LogP contribution in [0.1, 0.15) is 29.2 Å². The number of nitrogens with zero attached hydrogens (tertiary/aromatic N) is 12. The fourth-order valence-electron chi connectivity index (χ4n) is 2.64. The molecular formula is C19H4N12. The Morgan fingerprint density at radius 3 is 1.45 bits per heavy atom. The van der Waals surface area contributed by atoms with E-state index >= 15 is 0 Å². The molecule has 3 aromatic rings. The van der Waals surface area contributed by atoms with Gasteiger partial charge >= 0.3 is 0 Å². The third-order valence-corrected chi connectivity index (χ3v) is 3.89. The number of fused-ring (bicyclic) bond motifs is 3. The molecule has 0 bridgehead atoms. The molecule has 2 aromatic heterocycles. The molecule has 0 saturated carbocycles. The van der Waals surface area contributed by atoms with E-state index in [4.69, 9.17) is 5.26 Å². The van der Waals surface area contributed by atoms with Crippen LogP contribution in [-0.2, 0) is 0 Å². The van der Waals surface area contributed by atoms with E-state index in [9.17, 15) is 26.3 Å².